The standard InChI is InChI=1S/C13H20O2/c1-9-3-4-11-5-12(9)6-13(10(11)2)7-15-8-14/h3,8,10-13H,4-7H2,1-2H3. The molecular formula is C13H20O2. The summed E-state index contributed by atoms with van der Waals surface area (Å²) in [5, 5.41) is 0. The lowest BCUT2D eigenvalue weighted by molar-refractivity contribution is -0.131. The average molecular weight is 208 g/mol. The van der Waals surface area contributed by atoms with E-state index in [9.17, 15) is 4.79 Å². The highest BCUT2D eigenvalue weighted by Crippen LogP contribution is 2.45. The van der Waals surface area contributed by atoms with Crippen molar-refractivity contribution in [3.05, 3.63) is 11.6 Å². The van der Waals surface area contributed by atoms with Crippen LogP contribution in [0.25, 0.3) is 0 Å². The Morgan fingerprint density at radius 3 is 3.07 bits per heavy atom. The van der Waals surface area contributed by atoms with E-state index in [0.717, 1.165) is 11.8 Å². The van der Waals surface area contributed by atoms with E-state index >= 15 is 0 Å². The van der Waals surface area contributed by atoms with Crippen LogP contribution in [0.4, 0.5) is 0 Å². The molecule has 4 unspecified atom stereocenters. The molecule has 2 nitrogen and oxygen atoms in total. The molecule has 84 valence electrons. The maximum Gasteiger partial charge on any atom is 0.293 e. The first-order valence-electron chi connectivity index (χ1n) is 5.94. The molecule has 2 bridgehead atoms. The van der Waals surface area contributed by atoms with E-state index in [4.69, 9.17) is 4.74 Å². The normalized spacial score (nSPS) is 39.5. The van der Waals surface area contributed by atoms with Gasteiger partial charge in [0.1, 0.15) is 0 Å². The maximum absolute atomic E-state index is 10.2. The van der Waals surface area contributed by atoms with Crippen LogP contribution in [0.5, 0.6) is 0 Å². The molecule has 15 heavy (non-hydrogen) atoms. The van der Waals surface area contributed by atoms with Gasteiger partial charge < -0.3 is 4.74 Å². The van der Waals surface area contributed by atoms with Crippen molar-refractivity contribution in [3.63, 3.8) is 0 Å². The molecule has 1 fully saturated rings. The third-order valence-corrected chi connectivity index (χ3v) is 4.43. The zero-order valence-corrected chi connectivity index (χ0v) is 9.61. The molecular weight excluding hydrogens is 188 g/mol. The van der Waals surface area contributed by atoms with Crippen LogP contribution >= 0.6 is 0 Å². The highest BCUT2D eigenvalue weighted by atomic mass is 16.5. The molecule has 0 aromatic rings. The number of hydrogen-bond acceptors (Lipinski definition) is 2. The largest absolute Gasteiger partial charge is 0.468 e. The summed E-state index contributed by atoms with van der Waals surface area (Å²) in [7, 11) is 0. The SMILES string of the molecule is CC1=CCC2CC1CC(COC=O)C2C. The fourth-order valence-electron chi connectivity index (χ4n) is 3.21. The fraction of sp³-hybridized carbons (Fsp3) is 0.769. The van der Waals surface area contributed by atoms with E-state index < -0.39 is 0 Å². The highest BCUT2D eigenvalue weighted by Gasteiger charge is 2.37. The summed E-state index contributed by atoms with van der Waals surface area (Å²) >= 11 is 0. The van der Waals surface area contributed by atoms with Crippen molar-refractivity contribution in [2.45, 2.75) is 33.1 Å². The van der Waals surface area contributed by atoms with Crippen LogP contribution in [0.15, 0.2) is 11.6 Å². The Bertz CT molecular complexity index is 270. The molecule has 0 aromatic carbocycles. The van der Waals surface area contributed by atoms with Crippen LogP contribution in [0, 0.1) is 23.7 Å². The van der Waals surface area contributed by atoms with Crippen LogP contribution in [0.3, 0.4) is 0 Å². The number of fused-ring (bicyclic) bond motifs is 2. The summed E-state index contributed by atoms with van der Waals surface area (Å²) in [6.07, 6.45) is 6.18. The first kappa shape index (κ1) is 10.7. The van der Waals surface area contributed by atoms with E-state index in [-0.39, 0.29) is 0 Å². The van der Waals surface area contributed by atoms with Gasteiger partial charge in [-0.25, -0.2) is 0 Å². The lowest BCUT2D eigenvalue weighted by Crippen LogP contribution is -2.35. The van der Waals surface area contributed by atoms with Crippen LogP contribution in [0.2, 0.25) is 0 Å². The van der Waals surface area contributed by atoms with Gasteiger partial charge in [0.15, 0.2) is 0 Å². The summed E-state index contributed by atoms with van der Waals surface area (Å²) in [6, 6.07) is 0. The van der Waals surface area contributed by atoms with Crippen molar-refractivity contribution in [1.29, 1.82) is 0 Å². The second kappa shape index (κ2) is 4.38. The lowest BCUT2D eigenvalue weighted by atomic mass is 9.63. The van der Waals surface area contributed by atoms with Crippen LogP contribution in [0.1, 0.15) is 33.1 Å². The molecule has 0 saturated heterocycles. The van der Waals surface area contributed by atoms with Crippen LogP contribution in [-0.2, 0) is 9.53 Å². The minimum absolute atomic E-state index is 0.572. The van der Waals surface area contributed by atoms with E-state index in [2.05, 4.69) is 19.9 Å². The summed E-state index contributed by atoms with van der Waals surface area (Å²) < 4.78 is 4.94. The molecule has 0 amide bonds. The van der Waals surface area contributed by atoms with Crippen LogP contribution in [-0.4, -0.2) is 13.1 Å². The summed E-state index contributed by atoms with van der Waals surface area (Å²) in [5.41, 5.74) is 1.55. The minimum Gasteiger partial charge on any atom is -0.468 e. The lowest BCUT2D eigenvalue weighted by Gasteiger charge is -2.43. The number of ether oxygens (including phenoxy) is 1. The van der Waals surface area contributed by atoms with Gasteiger partial charge in [0.25, 0.3) is 6.47 Å². The molecule has 0 aromatic heterocycles. The van der Waals surface area contributed by atoms with E-state index in [1.54, 1.807) is 5.57 Å². The quantitative estimate of drug-likeness (QED) is 0.526. The Labute approximate surface area is 91.7 Å². The highest BCUT2D eigenvalue weighted by molar-refractivity contribution is 5.36. The van der Waals surface area contributed by atoms with Crippen molar-refractivity contribution in [3.8, 4) is 0 Å². The maximum atomic E-state index is 10.2. The third-order valence-electron chi connectivity index (χ3n) is 4.43. The number of carbonyl (C=O) groups excluding carboxylic acids is 1. The van der Waals surface area contributed by atoms with Gasteiger partial charge in [0.2, 0.25) is 0 Å². The molecule has 0 N–H and O–H groups in total. The Kier molecular flexibility index (Phi) is 3.13. The molecule has 2 aliphatic carbocycles. The summed E-state index contributed by atoms with van der Waals surface area (Å²) in [4.78, 5) is 10.2. The van der Waals surface area contributed by atoms with Gasteiger partial charge in [0.05, 0.1) is 6.61 Å². The Balaban J connectivity index is 2.04. The zero-order valence-electron chi connectivity index (χ0n) is 9.61. The molecule has 0 spiro atoms. The minimum atomic E-state index is 0.572. The van der Waals surface area contributed by atoms with Crippen molar-refractivity contribution >= 4 is 6.47 Å². The molecule has 4 atom stereocenters. The Morgan fingerprint density at radius 1 is 1.53 bits per heavy atom. The van der Waals surface area contributed by atoms with Crippen molar-refractivity contribution < 1.29 is 9.53 Å². The van der Waals surface area contributed by atoms with Crippen LogP contribution < -0.4 is 0 Å². The smallest absolute Gasteiger partial charge is 0.293 e. The second-order valence-corrected chi connectivity index (χ2v) is 5.16. The molecule has 0 aliphatic heterocycles. The molecule has 2 heteroatoms. The predicted molar refractivity (Wildman–Crippen MR) is 59.3 cm³/mol. The first-order chi connectivity index (χ1) is 7.22. The molecule has 0 radical (unpaired) electrons. The molecule has 2 rings (SSSR count). The number of allylic oxidation sites excluding steroid dienone is 2. The summed E-state index contributed by atoms with van der Waals surface area (Å²) in [6.45, 7) is 5.76. The Morgan fingerprint density at radius 2 is 2.33 bits per heavy atom. The second-order valence-electron chi connectivity index (χ2n) is 5.16. The van der Waals surface area contributed by atoms with Gasteiger partial charge in [-0.05, 0) is 49.9 Å². The molecule has 2 aliphatic rings. The number of carbonyl (C=O) groups is 1. The van der Waals surface area contributed by atoms with Gasteiger partial charge in [-0.15, -0.1) is 0 Å². The monoisotopic (exact) mass is 208 g/mol. The number of rotatable bonds is 3. The van der Waals surface area contributed by atoms with Gasteiger partial charge in [-0.3, -0.25) is 4.79 Å². The predicted octanol–water partition coefficient (Wildman–Crippen LogP) is 2.79. The fourth-order valence-corrected chi connectivity index (χ4v) is 3.21. The average Bonchev–Trinajstić information content (AvgIpc) is 2.25. The summed E-state index contributed by atoms with van der Waals surface area (Å²) in [5.74, 6) is 2.83. The zero-order chi connectivity index (χ0) is 10.8. The van der Waals surface area contributed by atoms with E-state index in [1.807, 2.05) is 0 Å². The van der Waals surface area contributed by atoms with Gasteiger partial charge >= 0.3 is 0 Å². The van der Waals surface area contributed by atoms with Gasteiger partial charge in [0, 0.05) is 0 Å². The van der Waals surface area contributed by atoms with Gasteiger partial charge in [-0.2, -0.15) is 0 Å². The number of hydrogen-bond donors (Lipinski definition) is 0. The van der Waals surface area contributed by atoms with E-state index in [0.29, 0.717) is 24.9 Å². The van der Waals surface area contributed by atoms with Crippen molar-refractivity contribution in [2.24, 2.45) is 23.7 Å². The van der Waals surface area contributed by atoms with Crippen molar-refractivity contribution in [2.75, 3.05) is 6.61 Å². The van der Waals surface area contributed by atoms with Crippen molar-refractivity contribution in [1.82, 2.24) is 0 Å². The topological polar surface area (TPSA) is 26.3 Å². The van der Waals surface area contributed by atoms with Gasteiger partial charge in [-0.1, -0.05) is 18.6 Å². The molecule has 0 heterocycles. The van der Waals surface area contributed by atoms with E-state index in [1.165, 1.54) is 19.3 Å². The first-order valence-corrected chi connectivity index (χ1v) is 5.94. The molecule has 1 saturated carbocycles. The third kappa shape index (κ3) is 2.09. The Hall–Kier alpha value is -0.790.